The Labute approximate surface area is 87.7 Å². The summed E-state index contributed by atoms with van der Waals surface area (Å²) in [6.07, 6.45) is 0. The molecule has 0 bridgehead atoms. The molecule has 78 valence electrons. The lowest BCUT2D eigenvalue weighted by molar-refractivity contribution is 0.447. The van der Waals surface area contributed by atoms with Gasteiger partial charge in [0.2, 0.25) is 0 Å². The van der Waals surface area contributed by atoms with Crippen molar-refractivity contribution in [1.29, 1.82) is 0 Å². The summed E-state index contributed by atoms with van der Waals surface area (Å²) in [5, 5.41) is 0. The summed E-state index contributed by atoms with van der Waals surface area (Å²) >= 11 is 0. The van der Waals surface area contributed by atoms with Gasteiger partial charge in [-0.15, -0.1) is 0 Å². The second-order valence-electron chi connectivity index (χ2n) is 3.85. The minimum absolute atomic E-state index is 0.881. The zero-order valence-corrected chi connectivity index (χ0v) is 9.75. The summed E-state index contributed by atoms with van der Waals surface area (Å²) in [4.78, 5) is 2.42. The van der Waals surface area contributed by atoms with E-state index in [1.54, 1.807) is 0 Å². The molecule has 0 aromatic heterocycles. The minimum atomic E-state index is 0.881. The van der Waals surface area contributed by atoms with E-state index in [1.165, 1.54) is 24.3 Å². The molecule has 1 fully saturated rings. The van der Waals surface area contributed by atoms with Gasteiger partial charge in [0.05, 0.1) is 0 Å². The number of nitrogens with zero attached hydrogens (tertiary/aromatic N) is 1. The molecule has 0 spiro atoms. The van der Waals surface area contributed by atoms with Crippen LogP contribution in [0.5, 0.6) is 0 Å². The Balaban J connectivity index is 0.000000461. The second-order valence-corrected chi connectivity index (χ2v) is 3.85. The number of hydrogen-bond acceptors (Lipinski definition) is 1. The molecule has 14 heavy (non-hydrogen) atoms. The highest BCUT2D eigenvalue weighted by molar-refractivity contribution is 5.49. The third-order valence-corrected chi connectivity index (χ3v) is 2.46. The monoisotopic (exact) mass is 191 g/mol. The third kappa shape index (κ3) is 2.50. The van der Waals surface area contributed by atoms with E-state index in [4.69, 9.17) is 0 Å². The molecule has 1 aliphatic heterocycles. The highest BCUT2D eigenvalue weighted by atomic mass is 15.2. The van der Waals surface area contributed by atoms with Gasteiger partial charge in [-0.3, -0.25) is 0 Å². The van der Waals surface area contributed by atoms with Crippen molar-refractivity contribution in [3.05, 3.63) is 29.8 Å². The van der Waals surface area contributed by atoms with Crippen LogP contribution in [-0.2, 0) is 0 Å². The molecule has 0 radical (unpaired) electrons. The van der Waals surface area contributed by atoms with Crippen molar-refractivity contribution in [3.8, 4) is 0 Å². The quantitative estimate of drug-likeness (QED) is 0.657. The molecule has 1 aliphatic rings. The Morgan fingerprint density at radius 1 is 1.07 bits per heavy atom. The second kappa shape index (κ2) is 5.04. The summed E-state index contributed by atoms with van der Waals surface area (Å²) < 4.78 is 0. The first-order valence-corrected chi connectivity index (χ1v) is 5.57. The predicted molar refractivity (Wildman–Crippen MR) is 63.9 cm³/mol. The molecule has 0 aliphatic carbocycles. The van der Waals surface area contributed by atoms with Crippen LogP contribution >= 0.6 is 0 Å². The van der Waals surface area contributed by atoms with Crippen molar-refractivity contribution in [2.75, 3.05) is 18.0 Å². The Morgan fingerprint density at radius 2 is 1.57 bits per heavy atom. The lowest BCUT2D eigenvalue weighted by Gasteiger charge is -2.39. The summed E-state index contributed by atoms with van der Waals surface area (Å²) in [5.41, 5.74) is 2.71. The van der Waals surface area contributed by atoms with E-state index < -0.39 is 0 Å². The van der Waals surface area contributed by atoms with Crippen LogP contribution in [0.15, 0.2) is 24.3 Å². The molecule has 1 heteroatoms. The molecule has 0 amide bonds. The standard InChI is InChI=1S/C11H15N.C2H6/c1-9-3-5-11(6-4-9)12-7-10(2)8-12;1-2/h3-6,10H,7-8H2,1-2H3;1-2H3. The van der Waals surface area contributed by atoms with Gasteiger partial charge in [-0.1, -0.05) is 38.5 Å². The maximum absolute atomic E-state index is 2.42. The summed E-state index contributed by atoms with van der Waals surface area (Å²) in [6.45, 7) is 10.9. The molecular formula is C13H21N. The van der Waals surface area contributed by atoms with Gasteiger partial charge in [-0.2, -0.15) is 0 Å². The van der Waals surface area contributed by atoms with Gasteiger partial charge >= 0.3 is 0 Å². The van der Waals surface area contributed by atoms with Crippen LogP contribution in [0.1, 0.15) is 26.3 Å². The SMILES string of the molecule is CC.Cc1ccc(N2CC(C)C2)cc1. The molecule has 1 nitrogen and oxygen atoms in total. The van der Waals surface area contributed by atoms with E-state index >= 15 is 0 Å². The van der Waals surface area contributed by atoms with Gasteiger partial charge in [0, 0.05) is 18.8 Å². The largest absolute Gasteiger partial charge is 0.371 e. The smallest absolute Gasteiger partial charge is 0.0366 e. The third-order valence-electron chi connectivity index (χ3n) is 2.46. The molecule has 1 saturated heterocycles. The summed E-state index contributed by atoms with van der Waals surface area (Å²) in [5.74, 6) is 0.881. The maximum atomic E-state index is 2.42. The van der Waals surface area contributed by atoms with Gasteiger partial charge in [0.15, 0.2) is 0 Å². The van der Waals surface area contributed by atoms with Crippen LogP contribution in [0.2, 0.25) is 0 Å². The molecular weight excluding hydrogens is 170 g/mol. The average Bonchev–Trinajstić information content (AvgIpc) is 2.18. The van der Waals surface area contributed by atoms with Gasteiger partial charge in [-0.25, -0.2) is 0 Å². The number of benzene rings is 1. The van der Waals surface area contributed by atoms with Crippen LogP contribution < -0.4 is 4.90 Å². The van der Waals surface area contributed by atoms with E-state index in [0.717, 1.165) is 5.92 Å². The van der Waals surface area contributed by atoms with Crippen LogP contribution in [0.4, 0.5) is 5.69 Å². The highest BCUT2D eigenvalue weighted by Gasteiger charge is 2.21. The lowest BCUT2D eigenvalue weighted by Crippen LogP contribution is -2.45. The normalized spacial score (nSPS) is 15.6. The van der Waals surface area contributed by atoms with E-state index in [-0.39, 0.29) is 0 Å². The van der Waals surface area contributed by atoms with E-state index in [0.29, 0.717) is 0 Å². The van der Waals surface area contributed by atoms with Crippen LogP contribution in [0.25, 0.3) is 0 Å². The van der Waals surface area contributed by atoms with Crippen LogP contribution in [-0.4, -0.2) is 13.1 Å². The zero-order chi connectivity index (χ0) is 10.6. The lowest BCUT2D eigenvalue weighted by atomic mass is 10.0. The molecule has 2 rings (SSSR count). The highest BCUT2D eigenvalue weighted by Crippen LogP contribution is 2.23. The Morgan fingerprint density at radius 3 is 2.00 bits per heavy atom. The molecule has 1 aromatic carbocycles. The number of rotatable bonds is 1. The Kier molecular flexibility index (Phi) is 3.99. The molecule has 0 N–H and O–H groups in total. The number of anilines is 1. The molecule has 0 unspecified atom stereocenters. The Hall–Kier alpha value is -0.980. The van der Waals surface area contributed by atoms with Crippen molar-refractivity contribution in [2.45, 2.75) is 27.7 Å². The topological polar surface area (TPSA) is 3.24 Å². The van der Waals surface area contributed by atoms with Gasteiger partial charge in [0.25, 0.3) is 0 Å². The van der Waals surface area contributed by atoms with Crippen molar-refractivity contribution < 1.29 is 0 Å². The average molecular weight is 191 g/mol. The van der Waals surface area contributed by atoms with Crippen molar-refractivity contribution in [1.82, 2.24) is 0 Å². The van der Waals surface area contributed by atoms with Crippen LogP contribution in [0.3, 0.4) is 0 Å². The van der Waals surface area contributed by atoms with Crippen molar-refractivity contribution in [2.24, 2.45) is 5.92 Å². The van der Waals surface area contributed by atoms with E-state index in [9.17, 15) is 0 Å². The number of aryl methyl sites for hydroxylation is 1. The fraction of sp³-hybridized carbons (Fsp3) is 0.538. The molecule has 0 saturated carbocycles. The van der Waals surface area contributed by atoms with Gasteiger partial charge < -0.3 is 4.90 Å². The first-order chi connectivity index (χ1) is 6.75. The first kappa shape index (κ1) is 11.1. The number of hydrogen-bond donors (Lipinski definition) is 0. The molecule has 1 aromatic rings. The zero-order valence-electron chi connectivity index (χ0n) is 9.75. The summed E-state index contributed by atoms with van der Waals surface area (Å²) in [6, 6.07) is 8.78. The molecule has 1 heterocycles. The maximum Gasteiger partial charge on any atom is 0.0366 e. The minimum Gasteiger partial charge on any atom is -0.371 e. The predicted octanol–water partition coefficient (Wildman–Crippen LogP) is 3.48. The van der Waals surface area contributed by atoms with Crippen molar-refractivity contribution in [3.63, 3.8) is 0 Å². The van der Waals surface area contributed by atoms with Crippen LogP contribution in [0, 0.1) is 12.8 Å². The first-order valence-electron chi connectivity index (χ1n) is 5.57. The summed E-state index contributed by atoms with van der Waals surface area (Å²) in [7, 11) is 0. The van der Waals surface area contributed by atoms with Gasteiger partial charge in [-0.05, 0) is 25.0 Å². The fourth-order valence-corrected chi connectivity index (χ4v) is 1.67. The van der Waals surface area contributed by atoms with E-state index in [2.05, 4.69) is 43.0 Å². The fourth-order valence-electron chi connectivity index (χ4n) is 1.67. The molecule has 0 atom stereocenters. The van der Waals surface area contributed by atoms with E-state index in [1.807, 2.05) is 13.8 Å². The Bertz CT molecular complexity index is 257. The van der Waals surface area contributed by atoms with Crippen molar-refractivity contribution >= 4 is 5.69 Å². The van der Waals surface area contributed by atoms with Gasteiger partial charge in [0.1, 0.15) is 0 Å².